The van der Waals surface area contributed by atoms with Gasteiger partial charge in [-0.1, -0.05) is 48.0 Å². The number of benzene rings is 2. The fourth-order valence-electron chi connectivity index (χ4n) is 3.50. The highest BCUT2D eigenvalue weighted by Gasteiger charge is 2.18. The number of nitrogens with zero attached hydrogens (tertiary/aromatic N) is 2. The minimum Gasteiger partial charge on any atom is -0.350 e. The van der Waals surface area contributed by atoms with Gasteiger partial charge >= 0.3 is 5.69 Å². The van der Waals surface area contributed by atoms with Crippen LogP contribution in [0.4, 0.5) is 0 Å². The van der Waals surface area contributed by atoms with Crippen molar-refractivity contribution in [1.82, 2.24) is 14.5 Å². The zero-order valence-corrected chi connectivity index (χ0v) is 17.5. The molecule has 4 aromatic rings. The van der Waals surface area contributed by atoms with E-state index in [1.54, 1.807) is 17.5 Å². The molecule has 0 radical (unpaired) electrons. The standard InChI is InChI=1S/C23H21N3O3S/c1-15-8-9-18(16(2)12-15)26-22(28)21-19(10-11-30-21)25(23(26)29)14-20(27)24-13-17-6-4-3-5-7-17/h3-12H,13-14H2,1-2H3,(H,24,27). The predicted molar refractivity (Wildman–Crippen MR) is 119 cm³/mol. The van der Waals surface area contributed by atoms with Gasteiger partial charge in [-0.25, -0.2) is 9.36 Å². The van der Waals surface area contributed by atoms with Crippen LogP contribution in [-0.2, 0) is 17.9 Å². The van der Waals surface area contributed by atoms with Gasteiger partial charge in [0.1, 0.15) is 11.2 Å². The van der Waals surface area contributed by atoms with Crippen LogP contribution in [0.2, 0.25) is 0 Å². The van der Waals surface area contributed by atoms with Crippen LogP contribution in [0.1, 0.15) is 16.7 Å². The molecule has 0 aliphatic carbocycles. The van der Waals surface area contributed by atoms with Crippen molar-refractivity contribution < 1.29 is 4.79 Å². The number of aryl methyl sites for hydroxylation is 2. The molecule has 0 fully saturated rings. The van der Waals surface area contributed by atoms with E-state index in [4.69, 9.17) is 0 Å². The third-order valence-corrected chi connectivity index (χ3v) is 5.87. The maximum Gasteiger partial charge on any atom is 0.336 e. The maximum atomic E-state index is 13.3. The Labute approximate surface area is 177 Å². The highest BCUT2D eigenvalue weighted by atomic mass is 32.1. The second kappa shape index (κ2) is 8.12. The van der Waals surface area contributed by atoms with E-state index in [2.05, 4.69) is 5.32 Å². The first-order chi connectivity index (χ1) is 14.5. The van der Waals surface area contributed by atoms with Crippen LogP contribution in [0.3, 0.4) is 0 Å². The molecule has 0 spiro atoms. The molecule has 1 N–H and O–H groups in total. The number of rotatable bonds is 5. The molecule has 1 amide bonds. The Morgan fingerprint density at radius 3 is 2.53 bits per heavy atom. The third kappa shape index (κ3) is 3.71. The Hall–Kier alpha value is -3.45. The Balaban J connectivity index is 1.75. The molecule has 0 aliphatic heterocycles. The molecule has 0 atom stereocenters. The highest BCUT2D eigenvalue weighted by molar-refractivity contribution is 7.17. The van der Waals surface area contributed by atoms with Gasteiger partial charge in [-0.05, 0) is 42.5 Å². The molecule has 7 heteroatoms. The van der Waals surface area contributed by atoms with Gasteiger partial charge in [0.25, 0.3) is 5.56 Å². The molecule has 0 bridgehead atoms. The van der Waals surface area contributed by atoms with Crippen LogP contribution in [0.25, 0.3) is 15.9 Å². The third-order valence-electron chi connectivity index (χ3n) is 4.98. The van der Waals surface area contributed by atoms with Gasteiger partial charge in [-0.15, -0.1) is 11.3 Å². The molecule has 2 aromatic carbocycles. The number of carbonyl (C=O) groups is 1. The Kier molecular flexibility index (Phi) is 5.37. The summed E-state index contributed by atoms with van der Waals surface area (Å²) in [7, 11) is 0. The van der Waals surface area contributed by atoms with Crippen molar-refractivity contribution in [2.45, 2.75) is 26.9 Å². The molecule has 2 heterocycles. The van der Waals surface area contributed by atoms with Gasteiger partial charge in [0, 0.05) is 6.54 Å². The molecule has 0 unspecified atom stereocenters. The second-order valence-electron chi connectivity index (χ2n) is 7.20. The first kappa shape index (κ1) is 19.8. The molecular weight excluding hydrogens is 398 g/mol. The minimum atomic E-state index is -0.521. The molecule has 152 valence electrons. The van der Waals surface area contributed by atoms with Crippen LogP contribution >= 0.6 is 11.3 Å². The molecule has 2 aromatic heterocycles. The summed E-state index contributed by atoms with van der Waals surface area (Å²) in [6.45, 7) is 4.03. The normalized spacial score (nSPS) is 11.0. The highest BCUT2D eigenvalue weighted by Crippen LogP contribution is 2.18. The van der Waals surface area contributed by atoms with E-state index < -0.39 is 5.69 Å². The topological polar surface area (TPSA) is 73.1 Å². The summed E-state index contributed by atoms with van der Waals surface area (Å²) in [6.07, 6.45) is 0. The molecule has 0 saturated heterocycles. The number of hydrogen-bond acceptors (Lipinski definition) is 4. The molecule has 0 saturated carbocycles. The van der Waals surface area contributed by atoms with Gasteiger partial charge in [-0.2, -0.15) is 0 Å². The molecular formula is C23H21N3O3S. The van der Waals surface area contributed by atoms with Crippen molar-refractivity contribution in [2.24, 2.45) is 0 Å². The van der Waals surface area contributed by atoms with E-state index >= 15 is 0 Å². The smallest absolute Gasteiger partial charge is 0.336 e. The Morgan fingerprint density at radius 2 is 1.80 bits per heavy atom. The van der Waals surface area contributed by atoms with E-state index in [9.17, 15) is 14.4 Å². The fourth-order valence-corrected chi connectivity index (χ4v) is 4.33. The van der Waals surface area contributed by atoms with Crippen LogP contribution in [0.15, 0.2) is 69.6 Å². The number of carbonyl (C=O) groups excluding carboxylic acids is 1. The predicted octanol–water partition coefficient (Wildman–Crippen LogP) is 3.15. The van der Waals surface area contributed by atoms with E-state index in [1.165, 1.54) is 15.9 Å². The largest absolute Gasteiger partial charge is 0.350 e. The summed E-state index contributed by atoms with van der Waals surface area (Å²) in [5.41, 5.74) is 2.97. The van der Waals surface area contributed by atoms with Gasteiger partial charge < -0.3 is 5.32 Å². The molecule has 30 heavy (non-hydrogen) atoms. The lowest BCUT2D eigenvalue weighted by Gasteiger charge is -2.14. The summed E-state index contributed by atoms with van der Waals surface area (Å²) in [5.74, 6) is -0.292. The Morgan fingerprint density at radius 1 is 1.03 bits per heavy atom. The number of nitrogens with one attached hydrogen (secondary N) is 1. The van der Waals surface area contributed by atoms with Crippen molar-refractivity contribution in [1.29, 1.82) is 0 Å². The van der Waals surface area contributed by atoms with Gasteiger partial charge in [0.15, 0.2) is 0 Å². The van der Waals surface area contributed by atoms with E-state index in [0.29, 0.717) is 22.4 Å². The number of hydrogen-bond donors (Lipinski definition) is 1. The van der Waals surface area contributed by atoms with E-state index in [0.717, 1.165) is 21.3 Å². The van der Waals surface area contributed by atoms with Crippen molar-refractivity contribution in [3.8, 4) is 5.69 Å². The van der Waals surface area contributed by atoms with Crippen molar-refractivity contribution in [3.63, 3.8) is 0 Å². The first-order valence-electron chi connectivity index (χ1n) is 9.57. The summed E-state index contributed by atoms with van der Waals surface area (Å²) < 4.78 is 2.98. The van der Waals surface area contributed by atoms with Crippen LogP contribution < -0.4 is 16.6 Å². The molecule has 0 aliphatic rings. The quantitative estimate of drug-likeness (QED) is 0.540. The zero-order chi connectivity index (χ0) is 21.3. The summed E-state index contributed by atoms with van der Waals surface area (Å²) >= 11 is 1.27. The fraction of sp³-hybridized carbons (Fsp3) is 0.174. The maximum absolute atomic E-state index is 13.3. The molecule has 4 rings (SSSR count). The summed E-state index contributed by atoms with van der Waals surface area (Å²) in [6, 6.07) is 16.8. The van der Waals surface area contributed by atoms with Crippen molar-refractivity contribution in [2.75, 3.05) is 0 Å². The Bertz CT molecular complexity index is 1350. The lowest BCUT2D eigenvalue weighted by molar-refractivity contribution is -0.121. The first-order valence-corrected chi connectivity index (χ1v) is 10.4. The lowest BCUT2D eigenvalue weighted by Crippen LogP contribution is -2.41. The van der Waals surface area contributed by atoms with Gasteiger partial charge in [0.05, 0.1) is 11.2 Å². The lowest BCUT2D eigenvalue weighted by atomic mass is 10.1. The second-order valence-corrected chi connectivity index (χ2v) is 8.11. The number of fused-ring (bicyclic) bond motifs is 1. The van der Waals surface area contributed by atoms with Crippen LogP contribution in [0.5, 0.6) is 0 Å². The van der Waals surface area contributed by atoms with Gasteiger partial charge in [0.2, 0.25) is 5.91 Å². The SMILES string of the molecule is Cc1ccc(-n2c(=O)c3sccc3n(CC(=O)NCc3ccccc3)c2=O)c(C)c1. The zero-order valence-electron chi connectivity index (χ0n) is 16.7. The van der Waals surface area contributed by atoms with Crippen molar-refractivity contribution in [3.05, 3.63) is 97.5 Å². The number of thiophene rings is 1. The van der Waals surface area contributed by atoms with Crippen molar-refractivity contribution >= 4 is 27.5 Å². The number of amides is 1. The van der Waals surface area contributed by atoms with E-state index in [-0.39, 0.29) is 18.0 Å². The number of aromatic nitrogens is 2. The molecule has 6 nitrogen and oxygen atoms in total. The average Bonchev–Trinajstić information content (AvgIpc) is 3.22. The van der Waals surface area contributed by atoms with Crippen LogP contribution in [-0.4, -0.2) is 15.0 Å². The summed E-state index contributed by atoms with van der Waals surface area (Å²) in [4.78, 5) is 38.9. The minimum absolute atomic E-state index is 0.163. The van der Waals surface area contributed by atoms with Gasteiger partial charge in [-0.3, -0.25) is 14.2 Å². The monoisotopic (exact) mass is 419 g/mol. The summed E-state index contributed by atoms with van der Waals surface area (Å²) in [5, 5.41) is 4.60. The van der Waals surface area contributed by atoms with Crippen LogP contribution in [0, 0.1) is 13.8 Å². The van der Waals surface area contributed by atoms with E-state index in [1.807, 2.05) is 56.3 Å². The average molecular weight is 420 g/mol.